The van der Waals surface area contributed by atoms with Gasteiger partial charge in [0.05, 0.1) is 0 Å². The van der Waals surface area contributed by atoms with Crippen molar-refractivity contribution in [3.63, 3.8) is 0 Å². The number of aliphatic hydroxyl groups is 1. The zero-order valence-corrected chi connectivity index (χ0v) is 10.1. The summed E-state index contributed by atoms with van der Waals surface area (Å²) in [6.45, 7) is 5.82. The van der Waals surface area contributed by atoms with E-state index in [1.54, 1.807) is 7.98 Å². The average molecular weight is 216 g/mol. The van der Waals surface area contributed by atoms with E-state index >= 15 is 0 Å². The summed E-state index contributed by atoms with van der Waals surface area (Å²) in [5.41, 5.74) is 5.57. The number of rotatable bonds is 9. The number of hydrogen-bond donors (Lipinski definition) is 5. The maximum Gasteiger partial charge on any atom is 0.185 e. The number of hydrogen-bond acceptors (Lipinski definition) is 5. The highest BCUT2D eigenvalue weighted by atomic mass is 16.3. The molecule has 0 aliphatic heterocycles. The first-order valence-electron chi connectivity index (χ1n) is 5.75. The molecule has 0 spiro atoms. The first-order valence-corrected chi connectivity index (χ1v) is 5.75. The molecule has 6 heteroatoms. The van der Waals surface area contributed by atoms with Crippen molar-refractivity contribution in [3.8, 4) is 0 Å². The van der Waals surface area contributed by atoms with Gasteiger partial charge in [-0.15, -0.1) is 0 Å². The Morgan fingerprint density at radius 1 is 1.27 bits per heavy atom. The summed E-state index contributed by atoms with van der Waals surface area (Å²) in [5.74, 6) is -0.773. The van der Waals surface area contributed by atoms with Gasteiger partial charge < -0.3 is 16.1 Å². The molecular weight excluding hydrogens is 191 g/mol. The van der Waals surface area contributed by atoms with E-state index in [1.807, 2.05) is 0 Å². The summed E-state index contributed by atoms with van der Waals surface area (Å²) in [7, 11) is 1.78. The van der Waals surface area contributed by atoms with Crippen LogP contribution in [0.15, 0.2) is 0 Å². The number of nitrogens with one attached hydrogen (secondary N) is 3. The van der Waals surface area contributed by atoms with Crippen molar-refractivity contribution in [2.24, 2.45) is 5.73 Å². The summed E-state index contributed by atoms with van der Waals surface area (Å²) >= 11 is 0. The largest absolute Gasteiger partial charge is 0.374 e. The van der Waals surface area contributed by atoms with Crippen molar-refractivity contribution in [3.05, 3.63) is 0 Å². The molecule has 2 atom stereocenters. The van der Waals surface area contributed by atoms with Gasteiger partial charge in [0.2, 0.25) is 0 Å². The molecule has 0 rings (SSSR count). The van der Waals surface area contributed by atoms with Crippen LogP contribution in [0.3, 0.4) is 0 Å². The Morgan fingerprint density at radius 3 is 2.27 bits per heavy atom. The van der Waals surface area contributed by atoms with Gasteiger partial charge in [0.1, 0.15) is 6.23 Å². The van der Waals surface area contributed by atoms with E-state index < -0.39 is 12.0 Å². The first-order chi connectivity index (χ1) is 7.13. The summed E-state index contributed by atoms with van der Waals surface area (Å²) in [6.07, 6.45) is 2.18. The van der Waals surface area contributed by atoms with Crippen LogP contribution in [0, 0.1) is 0 Å². The van der Waals surface area contributed by atoms with Gasteiger partial charge in [-0.05, 0) is 25.9 Å². The fraction of sp³-hybridized carbons (Fsp3) is 1.00. The highest BCUT2D eigenvalue weighted by molar-refractivity contribution is 6.04. The van der Waals surface area contributed by atoms with E-state index in [1.165, 1.54) is 0 Å². The Labute approximate surface area is 93.6 Å². The van der Waals surface area contributed by atoms with Crippen LogP contribution in [0.1, 0.15) is 33.1 Å². The number of aliphatic hydroxyl groups excluding tert-OH is 1. The lowest BCUT2D eigenvalue weighted by atomic mass is 10.2. The molecule has 0 aromatic carbocycles. The Kier molecular flexibility index (Phi) is 8.00. The first kappa shape index (κ1) is 14.9. The molecule has 0 saturated carbocycles. The third-order valence-electron chi connectivity index (χ3n) is 2.43. The summed E-state index contributed by atoms with van der Waals surface area (Å²) in [6, 6.07) is 0. The molecule has 0 heterocycles. The second-order valence-electron chi connectivity index (χ2n) is 3.71. The van der Waals surface area contributed by atoms with Crippen LogP contribution < -0.4 is 21.6 Å². The Balaban J connectivity index is 4.23. The molecule has 0 bridgehead atoms. The highest BCUT2D eigenvalue weighted by Crippen LogP contribution is 1.99. The maximum atomic E-state index is 9.58. The van der Waals surface area contributed by atoms with Crippen LogP contribution in [-0.4, -0.2) is 38.2 Å². The third kappa shape index (κ3) is 4.95. The molecule has 0 aliphatic carbocycles. The van der Waals surface area contributed by atoms with Gasteiger partial charge in [-0.25, -0.2) is 0 Å². The fourth-order valence-electron chi connectivity index (χ4n) is 1.38. The molecule has 6 N–H and O–H groups in total. The molecule has 0 amide bonds. The van der Waals surface area contributed by atoms with E-state index in [0.29, 0.717) is 0 Å². The Hall–Kier alpha value is -0.135. The van der Waals surface area contributed by atoms with Crippen molar-refractivity contribution in [1.29, 1.82) is 0 Å². The summed E-state index contributed by atoms with van der Waals surface area (Å²) in [5, 5.41) is 19.0. The van der Waals surface area contributed by atoms with E-state index in [0.717, 1.165) is 32.4 Å². The molecule has 0 radical (unpaired) electrons. The predicted molar refractivity (Wildman–Crippen MR) is 65.8 cm³/mol. The second-order valence-corrected chi connectivity index (χ2v) is 3.71. The molecule has 0 saturated heterocycles. The van der Waals surface area contributed by atoms with Crippen molar-refractivity contribution < 1.29 is 5.11 Å². The zero-order chi connectivity index (χ0) is 11.7. The van der Waals surface area contributed by atoms with Crippen LogP contribution in [0.25, 0.3) is 0 Å². The monoisotopic (exact) mass is 216 g/mol. The third-order valence-corrected chi connectivity index (χ3v) is 2.43. The number of unbranched alkanes of at least 4 members (excludes halogenated alkanes) is 1. The van der Waals surface area contributed by atoms with Crippen molar-refractivity contribution in [2.45, 2.75) is 45.1 Å². The predicted octanol–water partition coefficient (Wildman–Crippen LogP) is -1.56. The highest BCUT2D eigenvalue weighted by Gasteiger charge is 2.32. The van der Waals surface area contributed by atoms with Crippen LogP contribution in [0.5, 0.6) is 0 Å². The van der Waals surface area contributed by atoms with Gasteiger partial charge >= 0.3 is 0 Å². The summed E-state index contributed by atoms with van der Waals surface area (Å²) < 4.78 is 0. The van der Waals surface area contributed by atoms with Gasteiger partial charge in [0.25, 0.3) is 0 Å². The Bertz CT molecular complexity index is 159. The molecule has 15 heavy (non-hydrogen) atoms. The van der Waals surface area contributed by atoms with Crippen LogP contribution in [0.4, 0.5) is 0 Å². The van der Waals surface area contributed by atoms with Gasteiger partial charge in [-0.3, -0.25) is 10.6 Å². The molecular formula is C9H25BN4O. The lowest BCUT2D eigenvalue weighted by molar-refractivity contribution is 0.0322. The van der Waals surface area contributed by atoms with Crippen molar-refractivity contribution in [2.75, 3.05) is 13.1 Å². The fourth-order valence-corrected chi connectivity index (χ4v) is 1.38. The van der Waals surface area contributed by atoms with Crippen molar-refractivity contribution in [1.82, 2.24) is 15.9 Å². The lowest BCUT2D eigenvalue weighted by Crippen LogP contribution is -2.74. The SMILES string of the molecule is BNC(NCCC)(NCCCC)C(N)O. The van der Waals surface area contributed by atoms with E-state index in [9.17, 15) is 5.11 Å². The minimum absolute atomic E-state index is 0.773. The van der Waals surface area contributed by atoms with E-state index in [2.05, 4.69) is 29.7 Å². The topological polar surface area (TPSA) is 82.3 Å². The van der Waals surface area contributed by atoms with Gasteiger partial charge in [-0.1, -0.05) is 20.3 Å². The molecule has 2 unspecified atom stereocenters. The quantitative estimate of drug-likeness (QED) is 0.183. The minimum atomic E-state index is -0.981. The molecule has 0 aromatic rings. The maximum absolute atomic E-state index is 9.58. The average Bonchev–Trinajstić information content (AvgIpc) is 2.23. The molecule has 90 valence electrons. The van der Waals surface area contributed by atoms with E-state index in [-0.39, 0.29) is 0 Å². The standard InChI is InChI=1S/C9H25BN4O/c1-3-5-7-13-9(14-10,8(11)15)12-6-4-2/h8,12-15H,3-7,10-11H2,1-2H3. The molecule has 0 aromatic heterocycles. The van der Waals surface area contributed by atoms with E-state index in [4.69, 9.17) is 5.73 Å². The van der Waals surface area contributed by atoms with Crippen LogP contribution in [0.2, 0.25) is 0 Å². The van der Waals surface area contributed by atoms with Crippen LogP contribution in [-0.2, 0) is 0 Å². The lowest BCUT2D eigenvalue weighted by Gasteiger charge is -2.38. The minimum Gasteiger partial charge on any atom is -0.374 e. The van der Waals surface area contributed by atoms with Gasteiger partial charge in [-0.2, -0.15) is 0 Å². The molecule has 0 aliphatic rings. The second kappa shape index (κ2) is 8.07. The summed E-state index contributed by atoms with van der Waals surface area (Å²) in [4.78, 5) is 0. The van der Waals surface area contributed by atoms with Crippen LogP contribution >= 0.6 is 0 Å². The molecule has 0 fully saturated rings. The normalized spacial score (nSPS) is 17.3. The van der Waals surface area contributed by atoms with Crippen molar-refractivity contribution >= 4 is 7.98 Å². The molecule has 5 nitrogen and oxygen atoms in total. The van der Waals surface area contributed by atoms with Gasteiger partial charge in [0.15, 0.2) is 13.8 Å². The number of nitrogens with two attached hydrogens (primary N) is 1. The zero-order valence-electron chi connectivity index (χ0n) is 10.1. The van der Waals surface area contributed by atoms with Gasteiger partial charge in [0, 0.05) is 0 Å². The Morgan fingerprint density at radius 2 is 1.87 bits per heavy atom. The smallest absolute Gasteiger partial charge is 0.185 e.